The topological polar surface area (TPSA) is 94.8 Å². The summed E-state index contributed by atoms with van der Waals surface area (Å²) in [5.41, 5.74) is 2.45. The molecule has 2 aromatic carbocycles. The lowest BCUT2D eigenvalue weighted by atomic mass is 10.1. The first-order chi connectivity index (χ1) is 18.0. The molecule has 0 aliphatic carbocycles. The van der Waals surface area contributed by atoms with Gasteiger partial charge < -0.3 is 18.9 Å². The molecule has 3 rings (SSSR count). The molecular weight excluding hydrogens is 470 g/mol. The third kappa shape index (κ3) is 8.44. The Kier molecular flexibility index (Phi) is 11.1. The maximum Gasteiger partial charge on any atom is 0.397 e. The number of para-hydroxylation sites is 1. The summed E-state index contributed by atoms with van der Waals surface area (Å²) in [5.74, 6) is 0.261. The van der Waals surface area contributed by atoms with Crippen LogP contribution in [-0.4, -0.2) is 40.6 Å². The van der Waals surface area contributed by atoms with E-state index in [9.17, 15) is 9.59 Å². The van der Waals surface area contributed by atoms with Gasteiger partial charge in [-0.1, -0.05) is 74.5 Å². The molecule has 0 saturated heterocycles. The number of ether oxygens (including phenoxy) is 2. The minimum absolute atomic E-state index is 0.132. The maximum atomic E-state index is 12.9. The summed E-state index contributed by atoms with van der Waals surface area (Å²) in [5, 5.41) is 4.12. The fourth-order valence-electron chi connectivity index (χ4n) is 4.07. The molecular formula is C29H37N3O5. The van der Waals surface area contributed by atoms with E-state index in [2.05, 4.69) is 17.1 Å². The molecule has 1 aromatic heterocycles. The highest BCUT2D eigenvalue weighted by molar-refractivity contribution is 6.32. The summed E-state index contributed by atoms with van der Waals surface area (Å²) >= 11 is 0. The number of hydrogen-bond donors (Lipinski definition) is 0. The van der Waals surface area contributed by atoms with Crippen LogP contribution in [0.3, 0.4) is 0 Å². The number of nitrogens with zero attached hydrogens (tertiary/aromatic N) is 3. The van der Waals surface area contributed by atoms with E-state index in [-0.39, 0.29) is 19.7 Å². The van der Waals surface area contributed by atoms with Crippen molar-refractivity contribution in [3.63, 3.8) is 0 Å². The van der Waals surface area contributed by atoms with Gasteiger partial charge in [-0.15, -0.1) is 0 Å². The number of rotatable bonds is 14. The smallest absolute Gasteiger partial charge is 0.397 e. The van der Waals surface area contributed by atoms with Crippen LogP contribution in [-0.2, 0) is 33.8 Å². The Morgan fingerprint density at radius 1 is 0.919 bits per heavy atom. The molecule has 0 spiro atoms. The van der Waals surface area contributed by atoms with Gasteiger partial charge >= 0.3 is 11.9 Å². The van der Waals surface area contributed by atoms with Crippen LogP contribution in [0.2, 0.25) is 0 Å². The van der Waals surface area contributed by atoms with Crippen molar-refractivity contribution in [3.05, 3.63) is 65.5 Å². The third-order valence-corrected chi connectivity index (χ3v) is 6.09. The SMILES string of the molecule is CCCCCCCCc1noc(-c2ccc(CN(Cc3ccccc3OC)C(=O)C(=O)OCC)cc2)n1. The zero-order valence-corrected chi connectivity index (χ0v) is 22.1. The van der Waals surface area contributed by atoms with E-state index in [1.54, 1.807) is 14.0 Å². The van der Waals surface area contributed by atoms with E-state index >= 15 is 0 Å². The van der Waals surface area contributed by atoms with Gasteiger partial charge in [0, 0.05) is 24.1 Å². The monoisotopic (exact) mass is 507 g/mol. The summed E-state index contributed by atoms with van der Waals surface area (Å²) in [4.78, 5) is 31.1. The molecule has 8 nitrogen and oxygen atoms in total. The predicted molar refractivity (Wildman–Crippen MR) is 141 cm³/mol. The fourth-order valence-corrected chi connectivity index (χ4v) is 4.07. The number of benzene rings is 2. The van der Waals surface area contributed by atoms with Gasteiger partial charge in [0.25, 0.3) is 5.89 Å². The van der Waals surface area contributed by atoms with Gasteiger partial charge in [-0.2, -0.15) is 4.98 Å². The number of methoxy groups -OCH3 is 1. The normalized spacial score (nSPS) is 10.8. The second kappa shape index (κ2) is 14.8. The highest BCUT2D eigenvalue weighted by Gasteiger charge is 2.24. The Morgan fingerprint density at radius 3 is 2.38 bits per heavy atom. The molecule has 0 unspecified atom stereocenters. The lowest BCUT2D eigenvalue weighted by Gasteiger charge is -2.23. The van der Waals surface area contributed by atoms with Gasteiger partial charge in [0.05, 0.1) is 20.3 Å². The number of carbonyl (C=O) groups excluding carboxylic acids is 2. The molecule has 0 aliphatic rings. The fraction of sp³-hybridized carbons (Fsp3) is 0.448. The van der Waals surface area contributed by atoms with Crippen molar-refractivity contribution in [2.75, 3.05) is 13.7 Å². The van der Waals surface area contributed by atoms with Crippen molar-refractivity contribution in [1.82, 2.24) is 15.0 Å². The van der Waals surface area contributed by atoms with Crippen LogP contribution < -0.4 is 4.74 Å². The number of amides is 1. The number of carbonyl (C=O) groups is 2. The predicted octanol–water partition coefficient (Wildman–Crippen LogP) is 5.74. The number of aryl methyl sites for hydroxylation is 1. The molecule has 37 heavy (non-hydrogen) atoms. The quantitative estimate of drug-likeness (QED) is 0.156. The minimum Gasteiger partial charge on any atom is -0.496 e. The molecule has 0 aliphatic heterocycles. The van der Waals surface area contributed by atoms with Crippen molar-refractivity contribution in [3.8, 4) is 17.2 Å². The second-order valence-electron chi connectivity index (χ2n) is 8.92. The molecule has 0 radical (unpaired) electrons. The van der Waals surface area contributed by atoms with E-state index < -0.39 is 11.9 Å². The number of aromatic nitrogens is 2. The zero-order chi connectivity index (χ0) is 26.5. The van der Waals surface area contributed by atoms with Crippen molar-refractivity contribution < 1.29 is 23.6 Å². The Morgan fingerprint density at radius 2 is 1.65 bits per heavy atom. The van der Waals surface area contributed by atoms with Crippen molar-refractivity contribution in [2.45, 2.75) is 71.9 Å². The van der Waals surface area contributed by atoms with Gasteiger partial charge in [0.1, 0.15) is 5.75 Å². The van der Waals surface area contributed by atoms with Gasteiger partial charge in [-0.05, 0) is 37.1 Å². The van der Waals surface area contributed by atoms with E-state index in [0.717, 1.165) is 35.4 Å². The summed E-state index contributed by atoms with van der Waals surface area (Å²) < 4.78 is 15.8. The summed E-state index contributed by atoms with van der Waals surface area (Å²) in [7, 11) is 1.58. The average Bonchev–Trinajstić information content (AvgIpc) is 3.39. The van der Waals surface area contributed by atoms with Gasteiger partial charge in [0.2, 0.25) is 0 Å². The first-order valence-electron chi connectivity index (χ1n) is 13.1. The first-order valence-corrected chi connectivity index (χ1v) is 13.1. The largest absolute Gasteiger partial charge is 0.496 e. The van der Waals surface area contributed by atoms with Crippen LogP contribution in [0, 0.1) is 0 Å². The number of esters is 1. The van der Waals surface area contributed by atoms with Crippen LogP contribution in [0.15, 0.2) is 53.1 Å². The average molecular weight is 508 g/mol. The van der Waals surface area contributed by atoms with Crippen LogP contribution in [0.5, 0.6) is 5.75 Å². The van der Waals surface area contributed by atoms with Crippen molar-refractivity contribution in [1.29, 1.82) is 0 Å². The van der Waals surface area contributed by atoms with Crippen LogP contribution in [0.1, 0.15) is 69.3 Å². The van der Waals surface area contributed by atoms with Gasteiger partial charge in [-0.3, -0.25) is 4.79 Å². The lowest BCUT2D eigenvalue weighted by Crippen LogP contribution is -2.36. The molecule has 0 N–H and O–H groups in total. The zero-order valence-electron chi connectivity index (χ0n) is 22.1. The second-order valence-corrected chi connectivity index (χ2v) is 8.92. The molecule has 1 heterocycles. The number of unbranched alkanes of at least 4 members (excludes halogenated alkanes) is 5. The highest BCUT2D eigenvalue weighted by atomic mass is 16.5. The Hall–Kier alpha value is -3.68. The summed E-state index contributed by atoms with van der Waals surface area (Å²) in [6.07, 6.45) is 8.09. The minimum atomic E-state index is -0.877. The standard InChI is InChI=1S/C29H37N3O5/c1-4-6-7-8-9-10-15-26-30-27(37-31-26)23-18-16-22(17-19-23)20-32(28(33)29(34)36-5-2)21-24-13-11-12-14-25(24)35-3/h11-14,16-19H,4-10,15,20-21H2,1-3H3. The van der Waals surface area contributed by atoms with Crippen LogP contribution >= 0.6 is 0 Å². The summed E-state index contributed by atoms with van der Waals surface area (Å²) in [6, 6.07) is 15.0. The number of hydrogen-bond acceptors (Lipinski definition) is 7. The van der Waals surface area contributed by atoms with E-state index in [1.165, 1.54) is 37.0 Å². The molecule has 1 amide bonds. The lowest BCUT2D eigenvalue weighted by molar-refractivity contribution is -0.160. The van der Waals surface area contributed by atoms with E-state index in [1.807, 2.05) is 48.5 Å². The Bertz CT molecular complexity index is 1130. The maximum absolute atomic E-state index is 12.9. The van der Waals surface area contributed by atoms with Gasteiger partial charge in [-0.25, -0.2) is 4.79 Å². The van der Waals surface area contributed by atoms with E-state index in [4.69, 9.17) is 14.0 Å². The van der Waals surface area contributed by atoms with Crippen molar-refractivity contribution >= 4 is 11.9 Å². The van der Waals surface area contributed by atoms with Gasteiger partial charge in [0.15, 0.2) is 5.82 Å². The highest BCUT2D eigenvalue weighted by Crippen LogP contribution is 2.23. The molecule has 0 saturated carbocycles. The Balaban J connectivity index is 1.66. The molecule has 3 aromatic rings. The molecule has 8 heteroatoms. The Labute approximate surface area is 219 Å². The summed E-state index contributed by atoms with van der Waals surface area (Å²) in [6.45, 7) is 4.45. The molecule has 0 atom stereocenters. The molecule has 0 fully saturated rings. The van der Waals surface area contributed by atoms with Crippen LogP contribution in [0.25, 0.3) is 11.5 Å². The molecule has 0 bridgehead atoms. The van der Waals surface area contributed by atoms with Crippen molar-refractivity contribution in [2.24, 2.45) is 0 Å². The molecule has 198 valence electrons. The van der Waals surface area contributed by atoms with E-state index in [0.29, 0.717) is 11.6 Å². The first kappa shape index (κ1) is 27.9. The third-order valence-electron chi connectivity index (χ3n) is 6.09. The van der Waals surface area contributed by atoms with Crippen LogP contribution in [0.4, 0.5) is 0 Å².